The molecule has 0 bridgehead atoms. The van der Waals surface area contributed by atoms with Crippen LogP contribution in [-0.2, 0) is 4.87 Å². The van der Waals surface area contributed by atoms with Gasteiger partial charge in [-0.15, -0.1) is 0 Å². The second-order valence-corrected chi connectivity index (χ2v) is 7.95. The Morgan fingerprint density at radius 1 is 0.704 bits per heavy atom. The van der Waals surface area contributed by atoms with Crippen LogP contribution in [0.1, 0.15) is 21.5 Å². The first kappa shape index (κ1) is 16.2. The quantitative estimate of drug-likeness (QED) is 0.512. The maximum absolute atomic E-state index is 12.7. The number of hydrogen-bond acceptors (Lipinski definition) is 2. The van der Waals surface area contributed by atoms with Gasteiger partial charge in [-0.3, -0.25) is 4.79 Å². The highest BCUT2D eigenvalue weighted by molar-refractivity contribution is 8.00. The van der Waals surface area contributed by atoms with E-state index in [4.69, 9.17) is 0 Å². The zero-order chi connectivity index (χ0) is 18.3. The molecule has 0 saturated carbocycles. The predicted molar refractivity (Wildman–Crippen MR) is 111 cm³/mol. The summed E-state index contributed by atoms with van der Waals surface area (Å²) in [7, 11) is 0. The molecule has 1 heterocycles. The van der Waals surface area contributed by atoms with Crippen LogP contribution in [0.5, 0.6) is 0 Å². The highest BCUT2D eigenvalue weighted by atomic mass is 32.2. The Kier molecular flexibility index (Phi) is 3.76. The van der Waals surface area contributed by atoms with E-state index >= 15 is 0 Å². The molecule has 0 aliphatic carbocycles. The molecule has 3 heteroatoms. The predicted octanol–water partition coefficient (Wildman–Crippen LogP) is 5.58. The number of hydrogen-bond donors (Lipinski definition) is 1. The Morgan fingerprint density at radius 3 is 2.26 bits per heavy atom. The van der Waals surface area contributed by atoms with Gasteiger partial charge in [-0.1, -0.05) is 90.6 Å². The average molecular weight is 367 g/mol. The number of thioether (sulfide) groups is 1. The molecule has 0 fully saturated rings. The first-order valence-corrected chi connectivity index (χ1v) is 9.73. The largest absolute Gasteiger partial charge is 0.329 e. The summed E-state index contributed by atoms with van der Waals surface area (Å²) in [5, 5.41) is 5.68. The minimum atomic E-state index is -0.628. The SMILES string of the molecule is O=C1N[C@](Sc2ccc3ccccc3c2)(c2ccccc2)c2ccccc21. The van der Waals surface area contributed by atoms with Crippen molar-refractivity contribution in [3.05, 3.63) is 114 Å². The zero-order valence-electron chi connectivity index (χ0n) is 14.6. The molecular formula is C24H17NOS. The number of carbonyl (C=O) groups excluding carboxylic acids is 1. The highest BCUT2D eigenvalue weighted by Gasteiger charge is 2.45. The van der Waals surface area contributed by atoms with Crippen LogP contribution < -0.4 is 5.32 Å². The van der Waals surface area contributed by atoms with E-state index in [9.17, 15) is 4.79 Å². The first-order chi connectivity index (χ1) is 13.3. The van der Waals surface area contributed by atoms with Gasteiger partial charge in [0.05, 0.1) is 0 Å². The van der Waals surface area contributed by atoms with Gasteiger partial charge >= 0.3 is 0 Å². The van der Waals surface area contributed by atoms with Gasteiger partial charge in [0.15, 0.2) is 0 Å². The van der Waals surface area contributed by atoms with E-state index in [1.54, 1.807) is 11.8 Å². The Hall–Kier alpha value is -3.04. The molecule has 130 valence electrons. The van der Waals surface area contributed by atoms with Crippen molar-refractivity contribution in [2.45, 2.75) is 9.77 Å². The maximum atomic E-state index is 12.7. The van der Waals surface area contributed by atoms with Crippen LogP contribution in [0.4, 0.5) is 0 Å². The molecule has 1 amide bonds. The monoisotopic (exact) mass is 367 g/mol. The van der Waals surface area contributed by atoms with E-state index in [0.29, 0.717) is 0 Å². The van der Waals surface area contributed by atoms with Gasteiger partial charge in [0, 0.05) is 16.0 Å². The molecule has 1 N–H and O–H groups in total. The maximum Gasteiger partial charge on any atom is 0.253 e. The summed E-state index contributed by atoms with van der Waals surface area (Å²) in [5.74, 6) is -0.0252. The molecule has 4 aromatic carbocycles. The normalized spacial score (nSPS) is 18.3. The van der Waals surface area contributed by atoms with Crippen molar-refractivity contribution in [1.29, 1.82) is 0 Å². The van der Waals surface area contributed by atoms with E-state index < -0.39 is 4.87 Å². The van der Waals surface area contributed by atoms with E-state index in [-0.39, 0.29) is 5.91 Å². The van der Waals surface area contributed by atoms with E-state index in [0.717, 1.165) is 21.6 Å². The van der Waals surface area contributed by atoms with Crippen molar-refractivity contribution in [3.63, 3.8) is 0 Å². The van der Waals surface area contributed by atoms with Gasteiger partial charge < -0.3 is 5.32 Å². The van der Waals surface area contributed by atoms with Crippen molar-refractivity contribution in [2.24, 2.45) is 0 Å². The molecule has 0 spiro atoms. The van der Waals surface area contributed by atoms with Crippen LogP contribution in [0.15, 0.2) is 102 Å². The summed E-state index contributed by atoms with van der Waals surface area (Å²) in [4.78, 5) is 13.2. The molecule has 0 saturated heterocycles. The first-order valence-electron chi connectivity index (χ1n) is 8.92. The lowest BCUT2D eigenvalue weighted by atomic mass is 9.98. The van der Waals surface area contributed by atoms with Crippen LogP contribution >= 0.6 is 11.8 Å². The minimum Gasteiger partial charge on any atom is -0.329 e. The van der Waals surface area contributed by atoms with Gasteiger partial charge in [0.1, 0.15) is 4.87 Å². The fraction of sp³-hybridized carbons (Fsp3) is 0.0417. The third kappa shape index (κ3) is 2.63. The van der Waals surface area contributed by atoms with E-state index in [1.165, 1.54) is 10.8 Å². The molecule has 5 rings (SSSR count). The van der Waals surface area contributed by atoms with Crippen molar-refractivity contribution in [1.82, 2.24) is 5.32 Å². The second-order valence-electron chi connectivity index (χ2n) is 6.66. The number of carbonyl (C=O) groups is 1. The van der Waals surface area contributed by atoms with Crippen LogP contribution in [0.25, 0.3) is 10.8 Å². The van der Waals surface area contributed by atoms with Crippen molar-refractivity contribution in [2.75, 3.05) is 0 Å². The van der Waals surface area contributed by atoms with E-state index in [1.807, 2.05) is 48.5 Å². The smallest absolute Gasteiger partial charge is 0.253 e. The third-order valence-electron chi connectivity index (χ3n) is 5.01. The summed E-state index contributed by atoms with van der Waals surface area (Å²) in [5.41, 5.74) is 2.83. The third-order valence-corrected chi connectivity index (χ3v) is 6.37. The Bertz CT molecular complexity index is 1160. The van der Waals surface area contributed by atoms with Gasteiger partial charge in [-0.2, -0.15) is 0 Å². The molecule has 0 aromatic heterocycles. The molecular weight excluding hydrogens is 350 g/mol. The van der Waals surface area contributed by atoms with Crippen LogP contribution in [-0.4, -0.2) is 5.91 Å². The summed E-state index contributed by atoms with van der Waals surface area (Å²) in [6.07, 6.45) is 0. The van der Waals surface area contributed by atoms with Crippen molar-refractivity contribution in [3.8, 4) is 0 Å². The van der Waals surface area contributed by atoms with Gasteiger partial charge in [0.25, 0.3) is 5.91 Å². The Morgan fingerprint density at radius 2 is 1.41 bits per heavy atom. The number of nitrogens with one attached hydrogen (secondary N) is 1. The molecule has 1 atom stereocenters. The number of rotatable bonds is 3. The second kappa shape index (κ2) is 6.29. The number of amides is 1. The fourth-order valence-corrected chi connectivity index (χ4v) is 5.09. The fourth-order valence-electron chi connectivity index (χ4n) is 3.73. The van der Waals surface area contributed by atoms with Gasteiger partial charge in [-0.05, 0) is 34.5 Å². The van der Waals surface area contributed by atoms with Crippen LogP contribution in [0, 0.1) is 0 Å². The molecule has 0 unspecified atom stereocenters. The van der Waals surface area contributed by atoms with Crippen molar-refractivity contribution < 1.29 is 4.79 Å². The lowest BCUT2D eigenvalue weighted by Crippen LogP contribution is -2.37. The topological polar surface area (TPSA) is 29.1 Å². The number of fused-ring (bicyclic) bond motifs is 2. The summed E-state index contributed by atoms with van der Waals surface area (Å²) >= 11 is 1.68. The van der Waals surface area contributed by atoms with Gasteiger partial charge in [0.2, 0.25) is 0 Å². The molecule has 4 aromatic rings. The summed E-state index contributed by atoms with van der Waals surface area (Å²) in [6.45, 7) is 0. The highest BCUT2D eigenvalue weighted by Crippen LogP contribution is 2.49. The molecule has 27 heavy (non-hydrogen) atoms. The van der Waals surface area contributed by atoms with Crippen molar-refractivity contribution >= 4 is 28.4 Å². The van der Waals surface area contributed by atoms with Gasteiger partial charge in [-0.25, -0.2) is 0 Å². The number of benzene rings is 4. The lowest BCUT2D eigenvalue weighted by molar-refractivity contribution is 0.0956. The Balaban J connectivity index is 1.69. The standard InChI is InChI=1S/C24H17NOS/c26-23-21-12-6-7-13-22(21)24(25-23,19-10-2-1-3-11-19)27-20-15-14-17-8-4-5-9-18(17)16-20/h1-16H,(H,25,26)/t24-/m0/s1. The minimum absolute atomic E-state index is 0.0252. The zero-order valence-corrected chi connectivity index (χ0v) is 15.4. The molecule has 0 radical (unpaired) electrons. The molecule has 1 aliphatic rings. The summed E-state index contributed by atoms with van der Waals surface area (Å²) in [6, 6.07) is 32.9. The molecule has 1 aliphatic heterocycles. The summed E-state index contributed by atoms with van der Waals surface area (Å²) < 4.78 is 0. The van der Waals surface area contributed by atoms with E-state index in [2.05, 4.69) is 53.8 Å². The van der Waals surface area contributed by atoms with Crippen LogP contribution in [0.3, 0.4) is 0 Å². The lowest BCUT2D eigenvalue weighted by Gasteiger charge is -2.30. The average Bonchev–Trinajstić information content (AvgIpc) is 3.02. The molecule has 2 nitrogen and oxygen atoms in total. The van der Waals surface area contributed by atoms with Crippen LogP contribution in [0.2, 0.25) is 0 Å². The Labute approximate surface area is 162 Å².